The van der Waals surface area contributed by atoms with Crippen molar-refractivity contribution in [2.75, 3.05) is 0 Å². The number of ether oxygens (including phenoxy) is 2. The normalized spacial score (nSPS) is 60.9. The SMILES string of the molecule is CC1C2CC(C(=O)OC3(C)C4CC5CC(C4)CC3C5)C(C2)C1C1C(C)C2CC1C1C(=O)OC(=O)C21. The summed E-state index contributed by atoms with van der Waals surface area (Å²) in [5.41, 5.74) is -0.256. The predicted octanol–water partition coefficient (Wildman–Crippen LogP) is 4.87. The fourth-order valence-corrected chi connectivity index (χ4v) is 12.4. The molecule has 8 aliphatic carbocycles. The molecule has 0 amide bonds. The summed E-state index contributed by atoms with van der Waals surface area (Å²) in [6.07, 6.45) is 9.55. The quantitative estimate of drug-likeness (QED) is 0.426. The molecular formula is C30H40O5. The molecule has 1 heterocycles. The second-order valence-corrected chi connectivity index (χ2v) is 14.6. The number of hydrogen-bond donors (Lipinski definition) is 0. The molecule has 11 atom stereocenters. The molecule has 35 heavy (non-hydrogen) atoms. The van der Waals surface area contributed by atoms with Crippen molar-refractivity contribution in [2.45, 2.75) is 77.7 Å². The van der Waals surface area contributed by atoms with Crippen LogP contribution in [0.5, 0.6) is 0 Å². The Hall–Kier alpha value is -1.39. The van der Waals surface area contributed by atoms with E-state index in [4.69, 9.17) is 9.47 Å². The Labute approximate surface area is 208 Å². The third-order valence-electron chi connectivity index (χ3n) is 13.7. The molecule has 0 N–H and O–H groups in total. The van der Waals surface area contributed by atoms with Crippen molar-refractivity contribution < 1.29 is 23.9 Å². The molecule has 0 aromatic carbocycles. The van der Waals surface area contributed by atoms with Gasteiger partial charge in [-0.25, -0.2) is 0 Å². The first-order valence-electron chi connectivity index (χ1n) is 14.7. The highest BCUT2D eigenvalue weighted by molar-refractivity contribution is 5.97. The van der Waals surface area contributed by atoms with Crippen molar-refractivity contribution in [3.63, 3.8) is 0 Å². The van der Waals surface area contributed by atoms with Gasteiger partial charge in [0.15, 0.2) is 0 Å². The summed E-state index contributed by atoms with van der Waals surface area (Å²) in [4.78, 5) is 38.9. The summed E-state index contributed by atoms with van der Waals surface area (Å²) in [5.74, 6) is 5.39. The van der Waals surface area contributed by atoms with Crippen molar-refractivity contribution in [3.05, 3.63) is 0 Å². The maximum Gasteiger partial charge on any atom is 0.317 e. The fourth-order valence-electron chi connectivity index (χ4n) is 12.4. The van der Waals surface area contributed by atoms with Crippen LogP contribution in [0.1, 0.15) is 72.1 Å². The van der Waals surface area contributed by atoms with Gasteiger partial charge >= 0.3 is 17.9 Å². The van der Waals surface area contributed by atoms with Crippen LogP contribution in [0.25, 0.3) is 0 Å². The van der Waals surface area contributed by atoms with E-state index in [9.17, 15) is 14.4 Å². The zero-order valence-electron chi connectivity index (χ0n) is 21.4. The van der Waals surface area contributed by atoms with Crippen LogP contribution in [-0.4, -0.2) is 23.5 Å². The number of cyclic esters (lactones) is 2. The maximum atomic E-state index is 13.9. The fraction of sp³-hybridized carbons (Fsp3) is 0.900. The standard InChI is InChI=1S/C30H40O5/c1-12-16-9-20(23(12)24-13(2)19-11-22(24)26-25(19)28(32)34-29(26)33)21(10-16)27(31)35-30(3)17-5-14-4-15(7-17)8-18(30)6-14/h12-26H,4-11H2,1-3H3. The van der Waals surface area contributed by atoms with Crippen molar-refractivity contribution in [1.82, 2.24) is 0 Å². The summed E-state index contributed by atoms with van der Waals surface area (Å²) in [6, 6.07) is 0. The summed E-state index contributed by atoms with van der Waals surface area (Å²) in [6.45, 7) is 6.97. The predicted molar refractivity (Wildman–Crippen MR) is 126 cm³/mol. The van der Waals surface area contributed by atoms with Gasteiger partial charge < -0.3 is 9.47 Å². The highest BCUT2D eigenvalue weighted by Crippen LogP contribution is 2.69. The van der Waals surface area contributed by atoms with Gasteiger partial charge in [-0.15, -0.1) is 0 Å². The number of fused-ring (bicyclic) bond motifs is 7. The number of carbonyl (C=O) groups excluding carboxylic acids is 3. The first-order valence-corrected chi connectivity index (χ1v) is 14.7. The van der Waals surface area contributed by atoms with Crippen molar-refractivity contribution >= 4 is 17.9 Å². The third kappa shape index (κ3) is 2.64. The molecule has 0 radical (unpaired) electrons. The molecule has 0 aromatic rings. The molecule has 0 aromatic heterocycles. The molecule has 1 aliphatic heterocycles. The highest BCUT2D eigenvalue weighted by Gasteiger charge is 2.69. The Morgan fingerprint density at radius 1 is 0.771 bits per heavy atom. The number of rotatable bonds is 3. The van der Waals surface area contributed by atoms with Crippen LogP contribution in [0, 0.1) is 88.8 Å². The summed E-state index contributed by atoms with van der Waals surface area (Å²) < 4.78 is 11.7. The molecule has 9 aliphatic rings. The molecule has 9 fully saturated rings. The van der Waals surface area contributed by atoms with E-state index < -0.39 is 0 Å². The van der Waals surface area contributed by atoms with Crippen LogP contribution in [0.2, 0.25) is 0 Å². The molecule has 9 rings (SSSR count). The van der Waals surface area contributed by atoms with Crippen LogP contribution in [0.15, 0.2) is 0 Å². The molecule has 5 heteroatoms. The molecule has 5 nitrogen and oxygen atoms in total. The van der Waals surface area contributed by atoms with Crippen LogP contribution < -0.4 is 0 Å². The van der Waals surface area contributed by atoms with Gasteiger partial charge in [0.25, 0.3) is 0 Å². The molecule has 1 saturated heterocycles. The molecular weight excluding hydrogens is 440 g/mol. The maximum absolute atomic E-state index is 13.9. The van der Waals surface area contributed by atoms with Crippen molar-refractivity contribution in [1.29, 1.82) is 0 Å². The highest BCUT2D eigenvalue weighted by atomic mass is 16.6. The lowest BCUT2D eigenvalue weighted by Crippen LogP contribution is -2.58. The minimum Gasteiger partial charge on any atom is -0.459 e. The van der Waals surface area contributed by atoms with Gasteiger partial charge in [-0.05, 0) is 129 Å². The van der Waals surface area contributed by atoms with Crippen LogP contribution in [0.3, 0.4) is 0 Å². The van der Waals surface area contributed by atoms with E-state index in [-0.39, 0.29) is 53.1 Å². The van der Waals surface area contributed by atoms with Gasteiger partial charge in [-0.1, -0.05) is 13.8 Å². The number of carbonyl (C=O) groups is 3. The molecule has 190 valence electrons. The Morgan fingerprint density at radius 3 is 2.00 bits per heavy atom. The van der Waals surface area contributed by atoms with Crippen molar-refractivity contribution in [2.24, 2.45) is 88.8 Å². The lowest BCUT2D eigenvalue weighted by Gasteiger charge is -2.59. The Bertz CT molecular complexity index is 973. The van der Waals surface area contributed by atoms with E-state index in [2.05, 4.69) is 20.8 Å². The minimum atomic E-state index is -0.274. The monoisotopic (exact) mass is 480 g/mol. The summed E-state index contributed by atoms with van der Waals surface area (Å²) in [7, 11) is 0. The molecule has 0 spiro atoms. The van der Waals surface area contributed by atoms with Gasteiger partial charge in [0.2, 0.25) is 0 Å². The van der Waals surface area contributed by atoms with Gasteiger partial charge in [0.05, 0.1) is 17.8 Å². The van der Waals surface area contributed by atoms with Crippen LogP contribution >= 0.6 is 0 Å². The smallest absolute Gasteiger partial charge is 0.317 e. The Kier molecular flexibility index (Phi) is 4.29. The third-order valence-corrected chi connectivity index (χ3v) is 13.7. The lowest BCUT2D eigenvalue weighted by atomic mass is 9.50. The van der Waals surface area contributed by atoms with Crippen LogP contribution in [0.4, 0.5) is 0 Å². The van der Waals surface area contributed by atoms with Gasteiger partial charge in [-0.3, -0.25) is 14.4 Å². The van der Waals surface area contributed by atoms with Crippen molar-refractivity contribution in [3.8, 4) is 0 Å². The zero-order valence-corrected chi connectivity index (χ0v) is 21.4. The Balaban J connectivity index is 1.04. The van der Waals surface area contributed by atoms with E-state index >= 15 is 0 Å². The minimum absolute atomic E-state index is 0.0227. The van der Waals surface area contributed by atoms with Gasteiger partial charge in [0, 0.05) is 0 Å². The zero-order chi connectivity index (χ0) is 24.0. The average molecular weight is 481 g/mol. The van der Waals surface area contributed by atoms with E-state index in [1.807, 2.05) is 0 Å². The molecule has 8 saturated carbocycles. The van der Waals surface area contributed by atoms with Gasteiger partial charge in [0.1, 0.15) is 5.60 Å². The van der Waals surface area contributed by atoms with Crippen LogP contribution in [-0.2, 0) is 23.9 Å². The second kappa shape index (κ2) is 6.92. The lowest BCUT2D eigenvalue weighted by molar-refractivity contribution is -0.209. The average Bonchev–Trinajstić information content (AvgIpc) is 3.59. The van der Waals surface area contributed by atoms with Gasteiger partial charge in [-0.2, -0.15) is 0 Å². The van der Waals surface area contributed by atoms with E-state index in [1.54, 1.807) is 0 Å². The van der Waals surface area contributed by atoms with E-state index in [0.717, 1.165) is 31.1 Å². The summed E-state index contributed by atoms with van der Waals surface area (Å²) in [5, 5.41) is 0. The molecule has 11 unspecified atom stereocenters. The van der Waals surface area contributed by atoms with E-state index in [0.29, 0.717) is 47.3 Å². The largest absolute Gasteiger partial charge is 0.459 e. The number of hydrogen-bond acceptors (Lipinski definition) is 5. The first-order chi connectivity index (χ1) is 16.7. The van der Waals surface area contributed by atoms with E-state index in [1.165, 1.54) is 32.1 Å². The second-order valence-electron chi connectivity index (χ2n) is 14.6. The summed E-state index contributed by atoms with van der Waals surface area (Å²) >= 11 is 0. The Morgan fingerprint density at radius 2 is 1.37 bits per heavy atom. The first kappa shape index (κ1) is 21.7. The number of esters is 3. The molecule has 8 bridgehead atoms. The topological polar surface area (TPSA) is 69.7 Å².